The second-order valence-corrected chi connectivity index (χ2v) is 5.96. The first kappa shape index (κ1) is 14.5. The molecule has 0 radical (unpaired) electrons. The zero-order valence-corrected chi connectivity index (χ0v) is 12.7. The van der Waals surface area contributed by atoms with Crippen molar-refractivity contribution >= 4 is 0 Å². The highest BCUT2D eigenvalue weighted by Crippen LogP contribution is 2.22. The van der Waals surface area contributed by atoms with E-state index in [1.165, 1.54) is 24.9 Å². The maximum Gasteiger partial charge on any atom is 0.0247 e. The molecule has 2 nitrogen and oxygen atoms in total. The number of aryl methyl sites for hydroxylation is 1. The molecule has 0 aliphatic carbocycles. The molecule has 2 rings (SSSR count). The van der Waals surface area contributed by atoms with Gasteiger partial charge < -0.3 is 5.32 Å². The Hall–Kier alpha value is -0.860. The number of benzene rings is 1. The second-order valence-electron chi connectivity index (χ2n) is 5.96. The second kappa shape index (κ2) is 7.06. The van der Waals surface area contributed by atoms with Gasteiger partial charge in [-0.2, -0.15) is 0 Å². The molecule has 0 saturated heterocycles. The SMILES string of the molecule is CCNCC(C(C)C)N1CCCc2ccccc2C1. The highest BCUT2D eigenvalue weighted by atomic mass is 15.2. The highest BCUT2D eigenvalue weighted by Gasteiger charge is 2.23. The zero-order chi connectivity index (χ0) is 13.7. The third kappa shape index (κ3) is 3.80. The molecule has 1 aromatic carbocycles. The Kier molecular flexibility index (Phi) is 5.41. The van der Waals surface area contributed by atoms with Gasteiger partial charge in [0.25, 0.3) is 0 Å². The van der Waals surface area contributed by atoms with Crippen molar-refractivity contribution < 1.29 is 0 Å². The predicted octanol–water partition coefficient (Wildman–Crippen LogP) is 3.07. The van der Waals surface area contributed by atoms with Crippen molar-refractivity contribution in [3.8, 4) is 0 Å². The number of nitrogens with zero attached hydrogens (tertiary/aromatic N) is 1. The molecule has 19 heavy (non-hydrogen) atoms. The van der Waals surface area contributed by atoms with Gasteiger partial charge in [-0.05, 0) is 43.0 Å². The fourth-order valence-corrected chi connectivity index (χ4v) is 3.09. The number of hydrogen-bond acceptors (Lipinski definition) is 2. The summed E-state index contributed by atoms with van der Waals surface area (Å²) in [6, 6.07) is 9.60. The summed E-state index contributed by atoms with van der Waals surface area (Å²) in [5.74, 6) is 0.698. The normalized spacial score (nSPS) is 18.1. The monoisotopic (exact) mass is 260 g/mol. The minimum Gasteiger partial charge on any atom is -0.315 e. The van der Waals surface area contributed by atoms with Gasteiger partial charge in [0.1, 0.15) is 0 Å². The van der Waals surface area contributed by atoms with Crippen LogP contribution in [-0.4, -0.2) is 30.6 Å². The van der Waals surface area contributed by atoms with Crippen LogP contribution < -0.4 is 5.32 Å². The molecule has 1 heterocycles. The number of fused-ring (bicyclic) bond motifs is 1. The van der Waals surface area contributed by atoms with Gasteiger partial charge >= 0.3 is 0 Å². The van der Waals surface area contributed by atoms with Gasteiger partial charge in [-0.15, -0.1) is 0 Å². The van der Waals surface area contributed by atoms with Gasteiger partial charge in [-0.25, -0.2) is 0 Å². The van der Waals surface area contributed by atoms with E-state index in [-0.39, 0.29) is 0 Å². The summed E-state index contributed by atoms with van der Waals surface area (Å²) in [7, 11) is 0. The molecule has 0 bridgehead atoms. The number of likely N-dealkylation sites (N-methyl/N-ethyl adjacent to an activating group) is 1. The van der Waals surface area contributed by atoms with E-state index in [4.69, 9.17) is 0 Å². The lowest BCUT2D eigenvalue weighted by Crippen LogP contribution is -2.45. The minimum absolute atomic E-state index is 0.645. The number of rotatable bonds is 5. The molecule has 1 atom stereocenters. The third-order valence-corrected chi connectivity index (χ3v) is 4.23. The lowest BCUT2D eigenvalue weighted by Gasteiger charge is -2.34. The average Bonchev–Trinajstić information content (AvgIpc) is 2.61. The van der Waals surface area contributed by atoms with Crippen molar-refractivity contribution in [3.63, 3.8) is 0 Å². The van der Waals surface area contributed by atoms with Gasteiger partial charge in [0.15, 0.2) is 0 Å². The molecular formula is C17H28N2. The number of hydrogen-bond donors (Lipinski definition) is 1. The smallest absolute Gasteiger partial charge is 0.0247 e. The van der Waals surface area contributed by atoms with E-state index >= 15 is 0 Å². The molecule has 1 N–H and O–H groups in total. The molecule has 0 amide bonds. The molecule has 0 spiro atoms. The fourth-order valence-electron chi connectivity index (χ4n) is 3.09. The fraction of sp³-hybridized carbons (Fsp3) is 0.647. The summed E-state index contributed by atoms with van der Waals surface area (Å²) in [6.07, 6.45) is 2.52. The Morgan fingerprint density at radius 2 is 1.95 bits per heavy atom. The Morgan fingerprint density at radius 3 is 2.63 bits per heavy atom. The molecule has 0 saturated carbocycles. The van der Waals surface area contributed by atoms with E-state index in [0.29, 0.717) is 12.0 Å². The lowest BCUT2D eigenvalue weighted by molar-refractivity contribution is 0.146. The van der Waals surface area contributed by atoms with E-state index in [9.17, 15) is 0 Å². The summed E-state index contributed by atoms with van der Waals surface area (Å²) in [4.78, 5) is 2.68. The van der Waals surface area contributed by atoms with E-state index in [2.05, 4.69) is 55.3 Å². The van der Waals surface area contributed by atoms with Crippen molar-refractivity contribution in [1.29, 1.82) is 0 Å². The van der Waals surface area contributed by atoms with Gasteiger partial charge in [-0.1, -0.05) is 45.0 Å². The minimum atomic E-state index is 0.645. The summed E-state index contributed by atoms with van der Waals surface area (Å²) < 4.78 is 0. The Bertz CT molecular complexity index is 387. The first-order chi connectivity index (χ1) is 9.22. The summed E-state index contributed by atoms with van der Waals surface area (Å²) in [5, 5.41) is 3.53. The van der Waals surface area contributed by atoms with Crippen molar-refractivity contribution in [2.24, 2.45) is 5.92 Å². The molecule has 1 unspecified atom stereocenters. The van der Waals surface area contributed by atoms with E-state index < -0.39 is 0 Å². The molecule has 1 aliphatic heterocycles. The molecule has 1 aliphatic rings. The van der Waals surface area contributed by atoms with Crippen molar-refractivity contribution in [3.05, 3.63) is 35.4 Å². The van der Waals surface area contributed by atoms with Crippen LogP contribution in [0.4, 0.5) is 0 Å². The van der Waals surface area contributed by atoms with Gasteiger partial charge in [0.2, 0.25) is 0 Å². The molecule has 1 aromatic rings. The van der Waals surface area contributed by atoms with E-state index in [1.807, 2.05) is 0 Å². The van der Waals surface area contributed by atoms with Crippen LogP contribution in [-0.2, 0) is 13.0 Å². The summed E-state index contributed by atoms with van der Waals surface area (Å²) >= 11 is 0. The van der Waals surface area contributed by atoms with Crippen molar-refractivity contribution in [1.82, 2.24) is 10.2 Å². The van der Waals surface area contributed by atoms with Gasteiger partial charge in [0.05, 0.1) is 0 Å². The van der Waals surface area contributed by atoms with Gasteiger partial charge in [0, 0.05) is 19.1 Å². The van der Waals surface area contributed by atoms with Crippen LogP contribution in [0.15, 0.2) is 24.3 Å². The van der Waals surface area contributed by atoms with Crippen LogP contribution in [0, 0.1) is 5.92 Å². The van der Waals surface area contributed by atoms with E-state index in [1.54, 1.807) is 5.56 Å². The standard InChI is InChI=1S/C17H28N2/c1-4-18-12-17(14(2)3)19-11-7-10-15-8-5-6-9-16(15)13-19/h5-6,8-9,14,17-18H,4,7,10-13H2,1-3H3. The van der Waals surface area contributed by atoms with Crippen LogP contribution >= 0.6 is 0 Å². The Morgan fingerprint density at radius 1 is 1.21 bits per heavy atom. The molecule has 0 fully saturated rings. The molecule has 106 valence electrons. The maximum absolute atomic E-state index is 3.53. The largest absolute Gasteiger partial charge is 0.315 e. The van der Waals surface area contributed by atoms with Crippen LogP contribution in [0.1, 0.15) is 38.3 Å². The highest BCUT2D eigenvalue weighted by molar-refractivity contribution is 5.28. The Balaban J connectivity index is 2.11. The van der Waals surface area contributed by atoms with Crippen molar-refractivity contribution in [2.45, 2.75) is 46.2 Å². The molecule has 2 heteroatoms. The Labute approximate surface area is 118 Å². The quantitative estimate of drug-likeness (QED) is 0.875. The zero-order valence-electron chi connectivity index (χ0n) is 12.7. The lowest BCUT2D eigenvalue weighted by atomic mass is 10.0. The van der Waals surface area contributed by atoms with Crippen molar-refractivity contribution in [2.75, 3.05) is 19.6 Å². The number of nitrogens with one attached hydrogen (secondary N) is 1. The average molecular weight is 260 g/mol. The van der Waals surface area contributed by atoms with Crippen LogP contribution in [0.25, 0.3) is 0 Å². The van der Waals surface area contributed by atoms with Crippen LogP contribution in [0.5, 0.6) is 0 Å². The van der Waals surface area contributed by atoms with Crippen LogP contribution in [0.3, 0.4) is 0 Å². The van der Waals surface area contributed by atoms with Gasteiger partial charge in [-0.3, -0.25) is 4.90 Å². The first-order valence-corrected chi connectivity index (χ1v) is 7.74. The van der Waals surface area contributed by atoms with Crippen LogP contribution in [0.2, 0.25) is 0 Å². The first-order valence-electron chi connectivity index (χ1n) is 7.74. The predicted molar refractivity (Wildman–Crippen MR) is 82.3 cm³/mol. The topological polar surface area (TPSA) is 15.3 Å². The summed E-state index contributed by atoms with van der Waals surface area (Å²) in [5.41, 5.74) is 3.08. The third-order valence-electron chi connectivity index (χ3n) is 4.23. The maximum atomic E-state index is 3.53. The molecular weight excluding hydrogens is 232 g/mol. The molecule has 0 aromatic heterocycles. The summed E-state index contributed by atoms with van der Waals surface area (Å²) in [6.45, 7) is 11.4. The van der Waals surface area contributed by atoms with E-state index in [0.717, 1.165) is 19.6 Å².